The van der Waals surface area contributed by atoms with Crippen LogP contribution in [0.4, 0.5) is 11.4 Å². The number of anilines is 1. The molecule has 0 spiro atoms. The van der Waals surface area contributed by atoms with Gasteiger partial charge in [-0.25, -0.2) is 0 Å². The maximum absolute atomic E-state index is 10.8. The van der Waals surface area contributed by atoms with Crippen LogP contribution >= 0.6 is 22.6 Å². The first kappa shape index (κ1) is 14.2. The van der Waals surface area contributed by atoms with Gasteiger partial charge in [-0.3, -0.25) is 10.1 Å². The molecule has 6 heteroatoms. The van der Waals surface area contributed by atoms with Crippen molar-refractivity contribution in [3.63, 3.8) is 0 Å². The van der Waals surface area contributed by atoms with Crippen LogP contribution in [0, 0.1) is 13.7 Å². The lowest BCUT2D eigenvalue weighted by molar-refractivity contribution is -0.384. The second-order valence-corrected chi connectivity index (χ2v) is 5.01. The number of benzene rings is 1. The summed E-state index contributed by atoms with van der Waals surface area (Å²) >= 11 is 2.05. The number of halogens is 1. The van der Waals surface area contributed by atoms with Gasteiger partial charge in [0.1, 0.15) is 5.69 Å². The van der Waals surface area contributed by atoms with E-state index in [9.17, 15) is 10.1 Å². The number of rotatable bonds is 6. The van der Waals surface area contributed by atoms with Crippen molar-refractivity contribution in [2.24, 2.45) is 0 Å². The third-order valence-electron chi connectivity index (χ3n) is 2.03. The molecule has 0 aliphatic heterocycles. The monoisotopic (exact) mass is 350 g/mol. The van der Waals surface area contributed by atoms with Crippen LogP contribution in [0.25, 0.3) is 0 Å². The number of nitro groups is 1. The van der Waals surface area contributed by atoms with Crippen LogP contribution in [0.2, 0.25) is 0 Å². The highest BCUT2D eigenvalue weighted by molar-refractivity contribution is 14.1. The Morgan fingerprint density at radius 3 is 2.82 bits per heavy atom. The van der Waals surface area contributed by atoms with E-state index in [0.717, 1.165) is 3.57 Å². The molecule has 0 saturated carbocycles. The molecule has 0 amide bonds. The second-order valence-electron chi connectivity index (χ2n) is 3.76. The highest BCUT2D eigenvalue weighted by atomic mass is 127. The highest BCUT2D eigenvalue weighted by Crippen LogP contribution is 2.25. The summed E-state index contributed by atoms with van der Waals surface area (Å²) in [5.74, 6) is 0. The summed E-state index contributed by atoms with van der Waals surface area (Å²) in [6.45, 7) is 4.99. The summed E-state index contributed by atoms with van der Waals surface area (Å²) in [5.41, 5.74) is 0.629. The maximum atomic E-state index is 10.8. The Morgan fingerprint density at radius 2 is 2.24 bits per heavy atom. The number of hydrogen-bond donors (Lipinski definition) is 1. The molecule has 94 valence electrons. The zero-order valence-electron chi connectivity index (χ0n) is 9.77. The molecule has 0 radical (unpaired) electrons. The normalized spacial score (nSPS) is 10.6. The van der Waals surface area contributed by atoms with Crippen molar-refractivity contribution in [1.82, 2.24) is 0 Å². The third-order valence-corrected chi connectivity index (χ3v) is 2.70. The van der Waals surface area contributed by atoms with E-state index in [4.69, 9.17) is 4.74 Å². The smallest absolute Gasteiger partial charge is 0.293 e. The molecule has 0 saturated heterocycles. The topological polar surface area (TPSA) is 64.4 Å². The Bertz CT molecular complexity index is 396. The average molecular weight is 350 g/mol. The van der Waals surface area contributed by atoms with Gasteiger partial charge in [0.15, 0.2) is 0 Å². The van der Waals surface area contributed by atoms with E-state index in [1.54, 1.807) is 12.1 Å². The van der Waals surface area contributed by atoms with E-state index < -0.39 is 0 Å². The highest BCUT2D eigenvalue weighted by Gasteiger charge is 2.13. The molecule has 0 fully saturated rings. The van der Waals surface area contributed by atoms with E-state index in [1.807, 2.05) is 19.9 Å². The minimum absolute atomic E-state index is 0.0986. The zero-order chi connectivity index (χ0) is 12.8. The molecule has 0 aliphatic carbocycles. The van der Waals surface area contributed by atoms with Gasteiger partial charge in [0.25, 0.3) is 5.69 Å². The van der Waals surface area contributed by atoms with E-state index in [-0.39, 0.29) is 16.7 Å². The van der Waals surface area contributed by atoms with Crippen molar-refractivity contribution in [1.29, 1.82) is 0 Å². The van der Waals surface area contributed by atoms with Crippen molar-refractivity contribution < 1.29 is 9.66 Å². The van der Waals surface area contributed by atoms with Crippen LogP contribution in [-0.2, 0) is 4.74 Å². The molecule has 0 heterocycles. The van der Waals surface area contributed by atoms with Crippen LogP contribution in [-0.4, -0.2) is 24.2 Å². The lowest BCUT2D eigenvalue weighted by atomic mass is 10.2. The van der Waals surface area contributed by atoms with Crippen LogP contribution in [0.1, 0.15) is 13.8 Å². The maximum Gasteiger partial charge on any atom is 0.293 e. The molecule has 0 aromatic heterocycles. The van der Waals surface area contributed by atoms with Gasteiger partial charge in [-0.2, -0.15) is 0 Å². The fraction of sp³-hybridized carbons (Fsp3) is 0.455. The number of nitrogens with one attached hydrogen (secondary N) is 1. The Balaban J connectivity index is 2.61. The summed E-state index contributed by atoms with van der Waals surface area (Å²) in [7, 11) is 0. The van der Waals surface area contributed by atoms with Gasteiger partial charge in [-0.1, -0.05) is 0 Å². The molecule has 1 aromatic rings. The molecular formula is C11H15IN2O3. The SMILES string of the molecule is CC(C)OCCNc1ccc(I)cc1[N+](=O)[O-]. The molecule has 1 N–H and O–H groups in total. The lowest BCUT2D eigenvalue weighted by Gasteiger charge is -2.09. The number of nitrogens with zero attached hydrogens (tertiary/aromatic N) is 1. The standard InChI is InChI=1S/C11H15IN2O3/c1-8(2)17-6-5-13-10-4-3-9(12)7-11(10)14(15)16/h3-4,7-8,13H,5-6H2,1-2H3. The first-order chi connectivity index (χ1) is 8.00. The van der Waals surface area contributed by atoms with Crippen LogP contribution in [0.3, 0.4) is 0 Å². The molecule has 5 nitrogen and oxygen atoms in total. The number of ether oxygens (including phenoxy) is 1. The molecule has 1 aromatic carbocycles. The van der Waals surface area contributed by atoms with Gasteiger partial charge in [-0.15, -0.1) is 0 Å². The molecule has 0 unspecified atom stereocenters. The summed E-state index contributed by atoms with van der Waals surface area (Å²) in [5, 5.41) is 13.9. The summed E-state index contributed by atoms with van der Waals surface area (Å²) < 4.78 is 6.20. The number of hydrogen-bond acceptors (Lipinski definition) is 4. The van der Waals surface area contributed by atoms with Crippen LogP contribution < -0.4 is 5.32 Å². The van der Waals surface area contributed by atoms with Crippen molar-refractivity contribution in [2.45, 2.75) is 20.0 Å². The largest absolute Gasteiger partial charge is 0.377 e. The zero-order valence-corrected chi connectivity index (χ0v) is 11.9. The minimum atomic E-state index is -0.381. The quantitative estimate of drug-likeness (QED) is 0.371. The molecule has 0 aliphatic rings. The number of nitro benzene ring substituents is 1. The predicted octanol–water partition coefficient (Wildman–Crippen LogP) is 3.04. The fourth-order valence-corrected chi connectivity index (χ4v) is 1.76. The van der Waals surface area contributed by atoms with Crippen molar-refractivity contribution in [3.05, 3.63) is 31.9 Å². The lowest BCUT2D eigenvalue weighted by Crippen LogP contribution is -2.13. The molecule has 17 heavy (non-hydrogen) atoms. The van der Waals surface area contributed by atoms with E-state index >= 15 is 0 Å². The molecule has 0 atom stereocenters. The first-order valence-corrected chi connectivity index (χ1v) is 6.38. The molecular weight excluding hydrogens is 335 g/mol. The Morgan fingerprint density at radius 1 is 1.53 bits per heavy atom. The summed E-state index contributed by atoms with van der Waals surface area (Å²) in [4.78, 5) is 10.5. The summed E-state index contributed by atoms with van der Waals surface area (Å²) in [6, 6.07) is 5.10. The average Bonchev–Trinajstić information content (AvgIpc) is 2.25. The van der Waals surface area contributed by atoms with Crippen molar-refractivity contribution in [3.8, 4) is 0 Å². The van der Waals surface area contributed by atoms with Gasteiger partial charge in [0.2, 0.25) is 0 Å². The van der Waals surface area contributed by atoms with Gasteiger partial charge < -0.3 is 10.1 Å². The van der Waals surface area contributed by atoms with Crippen molar-refractivity contribution >= 4 is 34.0 Å². The van der Waals surface area contributed by atoms with Gasteiger partial charge >= 0.3 is 0 Å². The molecule has 0 bridgehead atoms. The predicted molar refractivity (Wildman–Crippen MR) is 75.4 cm³/mol. The minimum Gasteiger partial charge on any atom is -0.377 e. The molecule has 1 rings (SSSR count). The van der Waals surface area contributed by atoms with E-state index in [0.29, 0.717) is 18.8 Å². The fourth-order valence-electron chi connectivity index (χ4n) is 1.29. The van der Waals surface area contributed by atoms with Crippen LogP contribution in [0.5, 0.6) is 0 Å². The van der Waals surface area contributed by atoms with Gasteiger partial charge in [0, 0.05) is 16.2 Å². The van der Waals surface area contributed by atoms with E-state index in [2.05, 4.69) is 27.9 Å². The van der Waals surface area contributed by atoms with Crippen molar-refractivity contribution in [2.75, 3.05) is 18.5 Å². The van der Waals surface area contributed by atoms with Gasteiger partial charge in [-0.05, 0) is 48.6 Å². The van der Waals surface area contributed by atoms with Gasteiger partial charge in [0.05, 0.1) is 17.6 Å². The summed E-state index contributed by atoms with van der Waals surface area (Å²) in [6.07, 6.45) is 0.170. The Hall–Kier alpha value is -0.890. The Kier molecular flexibility index (Phi) is 5.63. The third kappa shape index (κ3) is 4.86. The Labute approximate surface area is 114 Å². The van der Waals surface area contributed by atoms with E-state index in [1.165, 1.54) is 0 Å². The first-order valence-electron chi connectivity index (χ1n) is 5.30. The van der Waals surface area contributed by atoms with Crippen LogP contribution in [0.15, 0.2) is 18.2 Å². The second kappa shape index (κ2) is 6.75.